The number of nitrogens with zero attached hydrogens (tertiary/aromatic N) is 5. The fraction of sp³-hybridized carbons (Fsp3) is 0.419. The van der Waals surface area contributed by atoms with Crippen LogP contribution in [0.15, 0.2) is 36.9 Å². The molecule has 5 heterocycles. The number of hydrogen-bond acceptors (Lipinski definition) is 7. The first-order chi connectivity index (χ1) is 20.2. The lowest BCUT2D eigenvalue weighted by molar-refractivity contribution is -0.128. The highest BCUT2D eigenvalue weighted by Gasteiger charge is 2.46. The molecule has 4 atom stereocenters. The van der Waals surface area contributed by atoms with Crippen LogP contribution in [0.4, 0.5) is 20.2 Å². The number of rotatable bonds is 3. The van der Waals surface area contributed by atoms with E-state index in [1.54, 1.807) is 6.07 Å². The minimum absolute atomic E-state index is 0.0101. The molecule has 0 aliphatic carbocycles. The van der Waals surface area contributed by atoms with Gasteiger partial charge < -0.3 is 24.5 Å². The number of fused-ring (bicyclic) bond motifs is 4. The number of carbonyl (C=O) groups is 1. The van der Waals surface area contributed by atoms with Crippen LogP contribution in [-0.2, 0) is 4.79 Å². The van der Waals surface area contributed by atoms with Gasteiger partial charge in [-0.05, 0) is 57.6 Å². The monoisotopic (exact) mass is 595 g/mol. The lowest BCUT2D eigenvalue weighted by Gasteiger charge is -2.54. The Kier molecular flexibility index (Phi) is 6.47. The van der Waals surface area contributed by atoms with Crippen LogP contribution in [-0.4, -0.2) is 89.8 Å². The van der Waals surface area contributed by atoms with E-state index in [1.807, 2.05) is 11.8 Å². The van der Waals surface area contributed by atoms with Crippen LogP contribution in [0.25, 0.3) is 22.0 Å². The van der Waals surface area contributed by atoms with E-state index in [0.29, 0.717) is 37.4 Å². The van der Waals surface area contributed by atoms with Crippen LogP contribution in [0.5, 0.6) is 11.6 Å². The minimum atomic E-state index is -0.831. The standard InChI is InChI=1S/C31H32ClF2N5O3/c1-4-24(41)38-14-17-13-37-15-23(21-8-6-10-36(21)3)42-31-30(37)29(39(17)12-16(38)2)18-11-19(32)25(27(34)28(18)35-31)26-20(33)7-5-9-22(26)40/h4-5,7,9,11,16-17,21,23,40H,1,6,8,10,12-15H2,2-3H3/t16-,17-,21+,23+/m1/s1. The first-order valence-corrected chi connectivity index (χ1v) is 14.7. The first-order valence-electron chi connectivity index (χ1n) is 14.3. The van der Waals surface area contributed by atoms with Crippen molar-refractivity contribution < 1.29 is 23.4 Å². The second kappa shape index (κ2) is 9.98. The van der Waals surface area contributed by atoms with Crippen molar-refractivity contribution in [2.45, 2.75) is 44.0 Å². The Labute approximate surface area is 247 Å². The summed E-state index contributed by atoms with van der Waals surface area (Å²) in [7, 11) is 2.09. The van der Waals surface area contributed by atoms with Gasteiger partial charge in [-0.15, -0.1) is 0 Å². The second-order valence-corrected chi connectivity index (χ2v) is 12.2. The van der Waals surface area contributed by atoms with Gasteiger partial charge in [-0.1, -0.05) is 24.2 Å². The van der Waals surface area contributed by atoms with Gasteiger partial charge in [0.15, 0.2) is 5.82 Å². The van der Waals surface area contributed by atoms with Crippen molar-refractivity contribution in [1.82, 2.24) is 14.8 Å². The summed E-state index contributed by atoms with van der Waals surface area (Å²) >= 11 is 6.69. The smallest absolute Gasteiger partial charge is 0.246 e. The van der Waals surface area contributed by atoms with Gasteiger partial charge in [0.25, 0.3) is 0 Å². The topological polar surface area (TPSA) is 72.4 Å². The summed E-state index contributed by atoms with van der Waals surface area (Å²) in [6.45, 7) is 8.91. The molecule has 1 amide bonds. The van der Waals surface area contributed by atoms with E-state index in [1.165, 1.54) is 18.2 Å². The Balaban J connectivity index is 1.45. The predicted octanol–water partition coefficient (Wildman–Crippen LogP) is 4.81. The third kappa shape index (κ3) is 4.02. The van der Waals surface area contributed by atoms with Crippen LogP contribution < -0.4 is 14.5 Å². The first kappa shape index (κ1) is 27.2. The zero-order valence-electron chi connectivity index (χ0n) is 23.5. The number of phenolic OH excluding ortho intramolecular Hbond substituents is 1. The number of ether oxygens (including phenoxy) is 1. The Hall–Kier alpha value is -3.63. The normalized spacial score (nSPS) is 25.3. The van der Waals surface area contributed by atoms with Crippen LogP contribution in [0.3, 0.4) is 0 Å². The quantitative estimate of drug-likeness (QED) is 0.436. The number of aromatic hydroxyl groups is 1. The molecule has 0 radical (unpaired) electrons. The molecular weight excluding hydrogens is 564 g/mol. The number of phenols is 1. The van der Waals surface area contributed by atoms with Crippen LogP contribution in [0.1, 0.15) is 19.8 Å². The molecule has 7 rings (SSSR count). The van der Waals surface area contributed by atoms with E-state index in [2.05, 4.69) is 28.3 Å². The number of anilines is 2. The molecule has 2 fully saturated rings. The molecule has 11 heteroatoms. The van der Waals surface area contributed by atoms with Crippen molar-refractivity contribution in [3.63, 3.8) is 0 Å². The summed E-state index contributed by atoms with van der Waals surface area (Å²) in [4.78, 5) is 26.0. The number of carbonyl (C=O) groups excluding carboxylic acids is 1. The second-order valence-electron chi connectivity index (χ2n) is 11.8. The molecule has 4 aliphatic rings. The van der Waals surface area contributed by atoms with Crippen molar-refractivity contribution >= 4 is 39.8 Å². The molecule has 42 heavy (non-hydrogen) atoms. The molecule has 8 nitrogen and oxygen atoms in total. The van der Waals surface area contributed by atoms with Gasteiger partial charge in [0, 0.05) is 42.7 Å². The number of benzene rings is 2. The molecule has 0 unspecified atom stereocenters. The Morgan fingerprint density at radius 2 is 2.00 bits per heavy atom. The van der Waals surface area contributed by atoms with Crippen LogP contribution in [0.2, 0.25) is 5.02 Å². The third-order valence-corrected chi connectivity index (χ3v) is 9.63. The lowest BCUT2D eigenvalue weighted by atomic mass is 9.94. The molecule has 0 saturated carbocycles. The van der Waals surface area contributed by atoms with Gasteiger partial charge in [0.1, 0.15) is 28.9 Å². The molecule has 0 spiro atoms. The van der Waals surface area contributed by atoms with Crippen molar-refractivity contribution in [3.8, 4) is 22.8 Å². The Morgan fingerprint density at radius 1 is 1.19 bits per heavy atom. The summed E-state index contributed by atoms with van der Waals surface area (Å²) in [6.07, 6.45) is 3.21. The van der Waals surface area contributed by atoms with Crippen molar-refractivity contribution in [1.29, 1.82) is 0 Å². The van der Waals surface area contributed by atoms with Crippen molar-refractivity contribution in [2.24, 2.45) is 0 Å². The summed E-state index contributed by atoms with van der Waals surface area (Å²) in [5.41, 5.74) is 0.951. The largest absolute Gasteiger partial charge is 0.507 e. The predicted molar refractivity (Wildman–Crippen MR) is 159 cm³/mol. The number of amides is 1. The van der Waals surface area contributed by atoms with Crippen LogP contribution in [0, 0.1) is 11.6 Å². The Morgan fingerprint density at radius 3 is 2.71 bits per heavy atom. The SMILES string of the molecule is C=CC(=O)N1C[C@H]2CN3C[C@@H]([C@@H]4CCCN4C)Oc4nc5c(F)c(-c6c(O)cccc6F)c(Cl)cc5c(c43)N2C[C@H]1C. The summed E-state index contributed by atoms with van der Waals surface area (Å²) < 4.78 is 38.1. The molecular formula is C31H32ClF2N5O3. The van der Waals surface area contributed by atoms with E-state index < -0.39 is 17.4 Å². The molecule has 0 bridgehead atoms. The Bertz CT molecular complexity index is 1620. The van der Waals surface area contributed by atoms with E-state index in [0.717, 1.165) is 36.8 Å². The zero-order chi connectivity index (χ0) is 29.4. The highest BCUT2D eigenvalue weighted by atomic mass is 35.5. The number of pyridine rings is 1. The highest BCUT2D eigenvalue weighted by molar-refractivity contribution is 6.34. The minimum Gasteiger partial charge on any atom is -0.507 e. The van der Waals surface area contributed by atoms with E-state index in [-0.39, 0.29) is 51.8 Å². The fourth-order valence-electron chi connectivity index (χ4n) is 7.34. The van der Waals surface area contributed by atoms with Gasteiger partial charge in [-0.25, -0.2) is 13.8 Å². The van der Waals surface area contributed by atoms with Crippen molar-refractivity contribution in [3.05, 3.63) is 53.6 Å². The fourth-order valence-corrected chi connectivity index (χ4v) is 7.62. The van der Waals surface area contributed by atoms with Gasteiger partial charge >= 0.3 is 0 Å². The van der Waals surface area contributed by atoms with Gasteiger partial charge in [0.05, 0.1) is 28.9 Å². The molecule has 3 aromatic rings. The maximum atomic E-state index is 16.6. The maximum Gasteiger partial charge on any atom is 0.246 e. The van der Waals surface area contributed by atoms with E-state index >= 15 is 4.39 Å². The zero-order valence-corrected chi connectivity index (χ0v) is 24.2. The molecule has 4 aliphatic heterocycles. The number of hydrogen-bond donors (Lipinski definition) is 1. The number of likely N-dealkylation sites (tertiary alicyclic amines) is 1. The van der Waals surface area contributed by atoms with Gasteiger partial charge in [-0.3, -0.25) is 9.69 Å². The summed E-state index contributed by atoms with van der Waals surface area (Å²) in [5, 5.41) is 10.9. The number of piperazine rings is 1. The number of likely N-dealkylation sites (N-methyl/N-ethyl adjacent to an activating group) is 1. The average Bonchev–Trinajstić information content (AvgIpc) is 3.40. The highest BCUT2D eigenvalue weighted by Crippen LogP contribution is 2.52. The lowest BCUT2D eigenvalue weighted by Crippen LogP contribution is -2.65. The van der Waals surface area contributed by atoms with Crippen molar-refractivity contribution in [2.75, 3.05) is 49.6 Å². The van der Waals surface area contributed by atoms with E-state index in [4.69, 9.17) is 21.3 Å². The van der Waals surface area contributed by atoms with Crippen LogP contribution >= 0.6 is 11.6 Å². The maximum absolute atomic E-state index is 16.6. The van der Waals surface area contributed by atoms with Gasteiger partial charge in [0.2, 0.25) is 11.8 Å². The molecule has 2 aromatic carbocycles. The number of aromatic nitrogens is 1. The van der Waals surface area contributed by atoms with Gasteiger partial charge in [-0.2, -0.15) is 0 Å². The average molecular weight is 596 g/mol. The van der Waals surface area contributed by atoms with E-state index in [9.17, 15) is 14.3 Å². The molecule has 1 aromatic heterocycles. The molecule has 220 valence electrons. The molecule has 1 N–H and O–H groups in total. The third-order valence-electron chi connectivity index (χ3n) is 9.33. The number of halogens is 3. The summed E-state index contributed by atoms with van der Waals surface area (Å²) in [5.74, 6) is -1.84. The summed E-state index contributed by atoms with van der Waals surface area (Å²) in [6, 6.07) is 5.38. The molecule has 2 saturated heterocycles.